The Kier molecular flexibility index (Phi) is 5.57. The number of hydrogen-bond donors (Lipinski definition) is 1. The molecule has 8 heteroatoms. The lowest BCUT2D eigenvalue weighted by Gasteiger charge is -2.27. The van der Waals surface area contributed by atoms with E-state index in [0.29, 0.717) is 0 Å². The third kappa shape index (κ3) is 4.46. The molecule has 25 heavy (non-hydrogen) atoms. The van der Waals surface area contributed by atoms with Gasteiger partial charge in [0.25, 0.3) is 0 Å². The van der Waals surface area contributed by atoms with E-state index in [1.807, 2.05) is 0 Å². The number of fused-ring (bicyclic) bond motifs is 1. The van der Waals surface area contributed by atoms with Gasteiger partial charge in [0.2, 0.25) is 0 Å². The van der Waals surface area contributed by atoms with Gasteiger partial charge in [-0.1, -0.05) is 19.1 Å². The topological polar surface area (TPSA) is 39.1 Å². The van der Waals surface area contributed by atoms with Crippen LogP contribution < -0.4 is 10.1 Å². The minimum atomic E-state index is -4.65. The number of aromatic nitrogens is 2. The maximum absolute atomic E-state index is 12.2. The summed E-state index contributed by atoms with van der Waals surface area (Å²) in [4.78, 5) is 4.65. The largest absolute Gasteiger partial charge is 0.573 e. The van der Waals surface area contributed by atoms with Gasteiger partial charge in [-0.3, -0.25) is 0 Å². The van der Waals surface area contributed by atoms with Crippen molar-refractivity contribution in [2.45, 2.75) is 45.1 Å². The summed E-state index contributed by atoms with van der Waals surface area (Å²) in [5.74, 6) is 0.923. The van der Waals surface area contributed by atoms with Crippen LogP contribution in [0.15, 0.2) is 24.3 Å². The Labute approximate surface area is 157 Å². The Morgan fingerprint density at radius 2 is 2.04 bits per heavy atom. The van der Waals surface area contributed by atoms with Crippen molar-refractivity contribution in [1.29, 1.82) is 0 Å². The molecule has 1 aliphatic heterocycles. The average molecular weight is 465 g/mol. The zero-order valence-electron chi connectivity index (χ0n) is 13.7. The highest BCUT2D eigenvalue weighted by molar-refractivity contribution is 14.1. The monoisotopic (exact) mass is 465 g/mol. The van der Waals surface area contributed by atoms with E-state index in [2.05, 4.69) is 49.1 Å². The first-order valence-corrected chi connectivity index (χ1v) is 9.28. The van der Waals surface area contributed by atoms with Gasteiger partial charge in [0.15, 0.2) is 0 Å². The summed E-state index contributed by atoms with van der Waals surface area (Å²) in [7, 11) is 0. The van der Waals surface area contributed by atoms with Crippen molar-refractivity contribution >= 4 is 22.6 Å². The SMILES string of the molecule is CCc1nc(I)c2n1CCNC2CCc1ccc(OC(F)(F)F)cc1. The van der Waals surface area contributed by atoms with Crippen molar-refractivity contribution in [1.82, 2.24) is 14.9 Å². The Hall–Kier alpha value is -1.29. The molecule has 1 atom stereocenters. The fourth-order valence-electron chi connectivity index (χ4n) is 3.19. The Morgan fingerprint density at radius 1 is 1.32 bits per heavy atom. The summed E-state index contributed by atoms with van der Waals surface area (Å²) < 4.78 is 43.8. The quantitative estimate of drug-likeness (QED) is 0.673. The van der Waals surface area contributed by atoms with Crippen molar-refractivity contribution in [3.05, 3.63) is 45.0 Å². The van der Waals surface area contributed by atoms with Crippen molar-refractivity contribution in [2.24, 2.45) is 0 Å². The molecule has 1 N–H and O–H groups in total. The molecule has 136 valence electrons. The van der Waals surface area contributed by atoms with Crippen LogP contribution in [0.1, 0.15) is 36.5 Å². The minimum Gasteiger partial charge on any atom is -0.406 e. The number of nitrogens with one attached hydrogen (secondary N) is 1. The first kappa shape index (κ1) is 18.5. The first-order chi connectivity index (χ1) is 11.9. The Balaban J connectivity index is 1.66. The lowest BCUT2D eigenvalue weighted by atomic mass is 10.0. The third-order valence-corrected chi connectivity index (χ3v) is 5.09. The molecule has 1 unspecified atom stereocenters. The third-order valence-electron chi connectivity index (χ3n) is 4.29. The van der Waals surface area contributed by atoms with E-state index in [9.17, 15) is 13.2 Å². The van der Waals surface area contributed by atoms with Crippen LogP contribution in [0.4, 0.5) is 13.2 Å². The molecule has 0 aliphatic carbocycles. The van der Waals surface area contributed by atoms with Gasteiger partial charge in [0.1, 0.15) is 15.3 Å². The van der Waals surface area contributed by atoms with Gasteiger partial charge in [0.05, 0.1) is 11.7 Å². The second-order valence-corrected chi connectivity index (χ2v) is 6.97. The molecule has 0 radical (unpaired) electrons. The summed E-state index contributed by atoms with van der Waals surface area (Å²) in [6.07, 6.45) is -2.11. The van der Waals surface area contributed by atoms with E-state index in [1.54, 1.807) is 12.1 Å². The lowest BCUT2D eigenvalue weighted by molar-refractivity contribution is -0.274. The van der Waals surface area contributed by atoms with Crippen molar-refractivity contribution in [3.8, 4) is 5.75 Å². The first-order valence-electron chi connectivity index (χ1n) is 8.20. The van der Waals surface area contributed by atoms with Crippen molar-refractivity contribution in [2.75, 3.05) is 6.54 Å². The fraction of sp³-hybridized carbons (Fsp3) is 0.471. The van der Waals surface area contributed by atoms with Crippen LogP contribution in [0.3, 0.4) is 0 Å². The molecule has 1 aromatic heterocycles. The molecule has 0 fully saturated rings. The molecule has 1 aliphatic rings. The molecule has 2 aromatic rings. The molecule has 4 nitrogen and oxygen atoms in total. The van der Waals surface area contributed by atoms with Crippen molar-refractivity contribution < 1.29 is 17.9 Å². The van der Waals surface area contributed by atoms with Crippen LogP contribution in [-0.4, -0.2) is 22.5 Å². The van der Waals surface area contributed by atoms with E-state index in [4.69, 9.17) is 0 Å². The zero-order valence-corrected chi connectivity index (χ0v) is 15.9. The summed E-state index contributed by atoms with van der Waals surface area (Å²) in [6, 6.07) is 6.30. The lowest BCUT2D eigenvalue weighted by Crippen LogP contribution is -2.34. The second-order valence-electron chi connectivity index (χ2n) is 5.95. The molecular weight excluding hydrogens is 446 g/mol. The zero-order chi connectivity index (χ0) is 18.0. The number of rotatable bonds is 5. The van der Waals surface area contributed by atoms with Crippen LogP contribution in [0, 0.1) is 3.70 Å². The van der Waals surface area contributed by atoms with E-state index in [1.165, 1.54) is 17.8 Å². The number of halogens is 4. The summed E-state index contributed by atoms with van der Waals surface area (Å²) >= 11 is 2.28. The highest BCUT2D eigenvalue weighted by atomic mass is 127. The van der Waals surface area contributed by atoms with E-state index < -0.39 is 6.36 Å². The molecule has 1 aromatic carbocycles. The maximum atomic E-state index is 12.2. The predicted octanol–water partition coefficient (Wildman–Crippen LogP) is 4.23. The smallest absolute Gasteiger partial charge is 0.406 e. The number of nitrogens with zero attached hydrogens (tertiary/aromatic N) is 2. The standard InChI is InChI=1S/C17H19F3IN3O/c1-2-14-23-16(21)15-13(22-9-10-24(14)15)8-5-11-3-6-12(7-4-11)25-17(18,19)20/h3-4,6-7,13,22H,2,5,8-10H2,1H3. The highest BCUT2D eigenvalue weighted by Gasteiger charge is 2.31. The summed E-state index contributed by atoms with van der Waals surface area (Å²) in [6.45, 7) is 3.93. The van der Waals surface area contributed by atoms with Crippen LogP contribution in [0.25, 0.3) is 0 Å². The van der Waals surface area contributed by atoms with Crippen LogP contribution >= 0.6 is 22.6 Å². The van der Waals surface area contributed by atoms with Crippen molar-refractivity contribution in [3.63, 3.8) is 0 Å². The van der Waals surface area contributed by atoms with Gasteiger partial charge in [-0.2, -0.15) is 0 Å². The van der Waals surface area contributed by atoms with Gasteiger partial charge in [0, 0.05) is 19.5 Å². The summed E-state index contributed by atoms with van der Waals surface area (Å²) in [5.41, 5.74) is 2.21. The Bertz CT molecular complexity index is 728. The number of benzene rings is 1. The molecule has 0 saturated heterocycles. The second kappa shape index (κ2) is 7.53. The van der Waals surface area contributed by atoms with Crippen LogP contribution in [0.5, 0.6) is 5.75 Å². The molecule has 0 spiro atoms. The van der Waals surface area contributed by atoms with Gasteiger partial charge in [-0.15, -0.1) is 13.2 Å². The van der Waals surface area contributed by atoms with Gasteiger partial charge in [-0.05, 0) is 53.1 Å². The predicted molar refractivity (Wildman–Crippen MR) is 96.5 cm³/mol. The van der Waals surface area contributed by atoms with Gasteiger partial charge >= 0.3 is 6.36 Å². The number of alkyl halides is 3. The van der Waals surface area contributed by atoms with Gasteiger partial charge < -0.3 is 14.6 Å². The number of hydrogen-bond acceptors (Lipinski definition) is 3. The molecule has 3 rings (SSSR count). The normalized spacial score (nSPS) is 17.4. The molecule has 0 amide bonds. The Morgan fingerprint density at radius 3 is 2.68 bits per heavy atom. The molecule has 0 bridgehead atoms. The van der Waals surface area contributed by atoms with Crippen LogP contribution in [-0.2, 0) is 19.4 Å². The molecule has 2 heterocycles. The van der Waals surface area contributed by atoms with Gasteiger partial charge in [-0.25, -0.2) is 4.98 Å². The van der Waals surface area contributed by atoms with Crippen LogP contribution in [0.2, 0.25) is 0 Å². The van der Waals surface area contributed by atoms with E-state index in [0.717, 1.165) is 47.4 Å². The number of ether oxygens (including phenoxy) is 1. The van der Waals surface area contributed by atoms with E-state index in [-0.39, 0.29) is 11.8 Å². The maximum Gasteiger partial charge on any atom is 0.573 e. The molecular formula is C17H19F3IN3O. The molecule has 0 saturated carbocycles. The summed E-state index contributed by atoms with van der Waals surface area (Å²) in [5, 5.41) is 3.53. The number of imidazole rings is 1. The average Bonchev–Trinajstić information content (AvgIpc) is 2.90. The fourth-order valence-corrected chi connectivity index (χ4v) is 4.13. The number of aryl methyl sites for hydroxylation is 2. The highest BCUT2D eigenvalue weighted by Crippen LogP contribution is 2.29. The van der Waals surface area contributed by atoms with E-state index >= 15 is 0 Å². The minimum absolute atomic E-state index is 0.188.